The Morgan fingerprint density at radius 3 is 2.64 bits per heavy atom. The van der Waals surface area contributed by atoms with Gasteiger partial charge in [0.25, 0.3) is 0 Å². The number of ether oxygens (including phenoxy) is 4. The van der Waals surface area contributed by atoms with Crippen LogP contribution in [0.4, 0.5) is 0 Å². The first kappa shape index (κ1) is 27.9. The van der Waals surface area contributed by atoms with Crippen molar-refractivity contribution in [1.82, 2.24) is 15.5 Å². The molecule has 0 saturated carbocycles. The minimum Gasteiger partial charge on any atom is -0.497 e. The summed E-state index contributed by atoms with van der Waals surface area (Å²) in [5.41, 5.74) is 1.20. The summed E-state index contributed by atoms with van der Waals surface area (Å²) in [6, 6.07) is 6.46. The molecule has 0 spiro atoms. The average molecular weight is 577 g/mol. The summed E-state index contributed by atoms with van der Waals surface area (Å²) in [5.74, 6) is 3.12. The Kier molecular flexibility index (Phi) is 13.2. The lowest BCUT2D eigenvalue weighted by Gasteiger charge is -2.19. The molecule has 0 amide bonds. The number of aliphatic imine (C=N–C) groups is 1. The average Bonchev–Trinajstić information content (AvgIpc) is 3.48. The summed E-state index contributed by atoms with van der Waals surface area (Å²) < 4.78 is 22.0. The number of nitrogens with one attached hydrogen (secondary N) is 2. The van der Waals surface area contributed by atoms with Gasteiger partial charge in [-0.05, 0) is 43.9 Å². The van der Waals surface area contributed by atoms with Crippen molar-refractivity contribution in [3.63, 3.8) is 0 Å². The minimum atomic E-state index is 0. The first-order valence-corrected chi connectivity index (χ1v) is 11.8. The lowest BCUT2D eigenvalue weighted by atomic mass is 10.1. The molecule has 0 radical (unpaired) electrons. The number of guanidine groups is 1. The maximum Gasteiger partial charge on any atom is 0.191 e. The van der Waals surface area contributed by atoms with Crippen molar-refractivity contribution in [2.24, 2.45) is 10.9 Å². The van der Waals surface area contributed by atoms with Gasteiger partial charge in [-0.1, -0.05) is 0 Å². The Hall–Kier alpha value is -1.30. The summed E-state index contributed by atoms with van der Waals surface area (Å²) in [5, 5.41) is 6.97. The molecule has 2 saturated heterocycles. The maximum atomic E-state index is 5.78. The van der Waals surface area contributed by atoms with Crippen LogP contribution in [0.25, 0.3) is 0 Å². The molecular weight excluding hydrogens is 535 g/mol. The van der Waals surface area contributed by atoms with Crippen LogP contribution in [-0.4, -0.2) is 83.7 Å². The van der Waals surface area contributed by atoms with E-state index >= 15 is 0 Å². The Labute approximate surface area is 215 Å². The van der Waals surface area contributed by atoms with Gasteiger partial charge in [0.1, 0.15) is 11.5 Å². The van der Waals surface area contributed by atoms with Gasteiger partial charge in [-0.3, -0.25) is 9.89 Å². The van der Waals surface area contributed by atoms with E-state index in [1.165, 1.54) is 5.56 Å². The van der Waals surface area contributed by atoms with Crippen LogP contribution >= 0.6 is 24.0 Å². The molecule has 3 rings (SSSR count). The minimum absolute atomic E-state index is 0. The standard InChI is InChI=1S/C24H40N4O4.HI/c1-4-25-24(26-8-5-10-31-17-19-7-11-32-18-19)27-21-6-9-28(16-21)15-20-12-22(29-2)14-23(13-20)30-3;/h12-14,19,21H,4-11,15-18H2,1-3H3,(H2,25,26,27);1H. The molecule has 2 heterocycles. The normalized spacial score (nSPS) is 21.0. The van der Waals surface area contributed by atoms with Crippen molar-refractivity contribution in [2.45, 2.75) is 38.8 Å². The zero-order valence-corrected chi connectivity index (χ0v) is 22.6. The van der Waals surface area contributed by atoms with Crippen LogP contribution in [0.5, 0.6) is 11.5 Å². The summed E-state index contributed by atoms with van der Waals surface area (Å²) in [6.07, 6.45) is 3.15. The van der Waals surface area contributed by atoms with Crippen LogP contribution in [0.3, 0.4) is 0 Å². The maximum absolute atomic E-state index is 5.78. The molecule has 188 valence electrons. The first-order valence-electron chi connectivity index (χ1n) is 11.8. The second-order valence-corrected chi connectivity index (χ2v) is 8.50. The third-order valence-corrected chi connectivity index (χ3v) is 5.87. The highest BCUT2D eigenvalue weighted by molar-refractivity contribution is 14.0. The number of hydrogen-bond donors (Lipinski definition) is 2. The van der Waals surface area contributed by atoms with E-state index < -0.39 is 0 Å². The van der Waals surface area contributed by atoms with Gasteiger partial charge in [0.05, 0.1) is 27.4 Å². The third kappa shape index (κ3) is 9.84. The Morgan fingerprint density at radius 2 is 1.97 bits per heavy atom. The highest BCUT2D eigenvalue weighted by atomic mass is 127. The van der Waals surface area contributed by atoms with Gasteiger partial charge in [0, 0.05) is 64.0 Å². The number of methoxy groups -OCH3 is 2. The topological polar surface area (TPSA) is 76.6 Å². The molecular formula is C24H41IN4O4. The first-order chi connectivity index (χ1) is 15.7. The highest BCUT2D eigenvalue weighted by Crippen LogP contribution is 2.24. The summed E-state index contributed by atoms with van der Waals surface area (Å²) in [7, 11) is 3.37. The Bertz CT molecular complexity index is 693. The van der Waals surface area contributed by atoms with Gasteiger partial charge in [-0.25, -0.2) is 0 Å². The molecule has 8 nitrogen and oxygen atoms in total. The van der Waals surface area contributed by atoms with Gasteiger partial charge in [0.15, 0.2) is 5.96 Å². The van der Waals surface area contributed by atoms with Crippen molar-refractivity contribution in [3.8, 4) is 11.5 Å². The molecule has 0 aliphatic carbocycles. The molecule has 2 unspecified atom stereocenters. The molecule has 0 bridgehead atoms. The summed E-state index contributed by atoms with van der Waals surface area (Å²) in [6.45, 7) is 9.90. The van der Waals surface area contributed by atoms with Gasteiger partial charge >= 0.3 is 0 Å². The molecule has 2 N–H and O–H groups in total. The van der Waals surface area contributed by atoms with Crippen molar-refractivity contribution in [1.29, 1.82) is 0 Å². The van der Waals surface area contributed by atoms with Crippen molar-refractivity contribution >= 4 is 29.9 Å². The van der Waals surface area contributed by atoms with Gasteiger partial charge < -0.3 is 29.6 Å². The monoisotopic (exact) mass is 576 g/mol. The van der Waals surface area contributed by atoms with E-state index in [0.29, 0.717) is 12.0 Å². The van der Waals surface area contributed by atoms with Gasteiger partial charge in [-0.15, -0.1) is 24.0 Å². The molecule has 33 heavy (non-hydrogen) atoms. The molecule has 2 fully saturated rings. The number of rotatable bonds is 12. The number of hydrogen-bond acceptors (Lipinski definition) is 6. The van der Waals surface area contributed by atoms with Crippen LogP contribution in [-0.2, 0) is 16.0 Å². The van der Waals surface area contributed by atoms with Crippen molar-refractivity contribution in [3.05, 3.63) is 23.8 Å². The predicted molar refractivity (Wildman–Crippen MR) is 142 cm³/mol. The van der Waals surface area contributed by atoms with Crippen LogP contribution in [0.2, 0.25) is 0 Å². The summed E-state index contributed by atoms with van der Waals surface area (Å²) in [4.78, 5) is 7.19. The van der Waals surface area contributed by atoms with Crippen molar-refractivity contribution in [2.75, 3.05) is 66.8 Å². The van der Waals surface area contributed by atoms with Crippen LogP contribution in [0.15, 0.2) is 23.2 Å². The second kappa shape index (κ2) is 15.6. The van der Waals surface area contributed by atoms with E-state index in [9.17, 15) is 0 Å². The lowest BCUT2D eigenvalue weighted by Crippen LogP contribution is -2.44. The van der Waals surface area contributed by atoms with Gasteiger partial charge in [0.2, 0.25) is 0 Å². The molecule has 1 aromatic carbocycles. The van der Waals surface area contributed by atoms with E-state index in [0.717, 1.165) is 95.9 Å². The van der Waals surface area contributed by atoms with Gasteiger partial charge in [-0.2, -0.15) is 0 Å². The van der Waals surface area contributed by atoms with E-state index in [1.807, 2.05) is 6.07 Å². The molecule has 2 atom stereocenters. The largest absolute Gasteiger partial charge is 0.497 e. The SMILES string of the molecule is CCNC(=NCCCOCC1CCOC1)NC1CCN(Cc2cc(OC)cc(OC)c2)C1.I. The summed E-state index contributed by atoms with van der Waals surface area (Å²) >= 11 is 0. The third-order valence-electron chi connectivity index (χ3n) is 5.87. The van der Waals surface area contributed by atoms with Crippen molar-refractivity contribution < 1.29 is 18.9 Å². The predicted octanol–water partition coefficient (Wildman–Crippen LogP) is 2.89. The number of likely N-dealkylation sites (tertiary alicyclic amines) is 1. The van der Waals surface area contributed by atoms with Crippen LogP contribution in [0.1, 0.15) is 31.7 Å². The zero-order chi connectivity index (χ0) is 22.6. The second-order valence-electron chi connectivity index (χ2n) is 8.50. The van der Waals surface area contributed by atoms with E-state index in [2.05, 4.69) is 34.6 Å². The van der Waals surface area contributed by atoms with E-state index in [4.69, 9.17) is 23.9 Å². The van der Waals surface area contributed by atoms with E-state index in [1.54, 1.807) is 14.2 Å². The fraction of sp³-hybridized carbons (Fsp3) is 0.708. The lowest BCUT2D eigenvalue weighted by molar-refractivity contribution is 0.0893. The zero-order valence-electron chi connectivity index (χ0n) is 20.3. The number of halogens is 1. The molecule has 9 heteroatoms. The molecule has 2 aliphatic heterocycles. The molecule has 0 aromatic heterocycles. The number of benzene rings is 1. The fourth-order valence-electron chi connectivity index (χ4n) is 4.15. The molecule has 1 aromatic rings. The number of nitrogens with zero attached hydrogens (tertiary/aromatic N) is 2. The van der Waals surface area contributed by atoms with Crippen LogP contribution in [0, 0.1) is 5.92 Å². The van der Waals surface area contributed by atoms with Crippen LogP contribution < -0.4 is 20.1 Å². The fourth-order valence-corrected chi connectivity index (χ4v) is 4.15. The highest BCUT2D eigenvalue weighted by Gasteiger charge is 2.23. The quantitative estimate of drug-likeness (QED) is 0.172. The Balaban J connectivity index is 0.00000385. The van der Waals surface area contributed by atoms with E-state index in [-0.39, 0.29) is 24.0 Å². The Morgan fingerprint density at radius 1 is 1.18 bits per heavy atom. The smallest absolute Gasteiger partial charge is 0.191 e. The molecule has 2 aliphatic rings.